The Labute approximate surface area is 199 Å². The van der Waals surface area contributed by atoms with Gasteiger partial charge in [0.2, 0.25) is 5.95 Å². The summed E-state index contributed by atoms with van der Waals surface area (Å²) >= 11 is 1.65. The van der Waals surface area contributed by atoms with Gasteiger partial charge in [-0.25, -0.2) is 4.98 Å². The second-order valence-corrected chi connectivity index (χ2v) is 11.1. The predicted molar refractivity (Wildman–Crippen MR) is 132 cm³/mol. The first-order valence-electron chi connectivity index (χ1n) is 11.9. The Morgan fingerprint density at radius 2 is 1.82 bits per heavy atom. The Morgan fingerprint density at radius 1 is 1.06 bits per heavy atom. The van der Waals surface area contributed by atoms with Gasteiger partial charge in [0.15, 0.2) is 10.6 Å². The van der Waals surface area contributed by atoms with Crippen LogP contribution in [0, 0.1) is 0 Å². The molecular formula is C23H34N8OS. The summed E-state index contributed by atoms with van der Waals surface area (Å²) in [5, 5.41) is 12.3. The second kappa shape index (κ2) is 9.15. The molecule has 3 aromatic heterocycles. The number of hydrogen-bond donors (Lipinski definition) is 2. The first kappa shape index (κ1) is 22.5. The highest BCUT2D eigenvalue weighted by Gasteiger charge is 2.28. The minimum atomic E-state index is -0.0319. The molecule has 10 heteroatoms. The summed E-state index contributed by atoms with van der Waals surface area (Å²) in [6.45, 7) is 10.4. The molecule has 0 atom stereocenters. The summed E-state index contributed by atoms with van der Waals surface area (Å²) in [4.78, 5) is 18.1. The number of rotatable bonds is 5. The lowest BCUT2D eigenvalue weighted by molar-refractivity contribution is 0.00791. The third-order valence-electron chi connectivity index (χ3n) is 6.46. The van der Waals surface area contributed by atoms with Crippen molar-refractivity contribution >= 4 is 39.1 Å². The number of aryl methyl sites for hydroxylation is 1. The third-order valence-corrected chi connectivity index (χ3v) is 7.84. The number of nitrogens with one attached hydrogen (secondary N) is 2. The maximum atomic E-state index is 5.53. The Kier molecular flexibility index (Phi) is 6.24. The van der Waals surface area contributed by atoms with E-state index in [2.05, 4.69) is 41.4 Å². The van der Waals surface area contributed by atoms with E-state index in [1.165, 1.54) is 12.8 Å². The smallest absolute Gasteiger partial charge is 0.230 e. The van der Waals surface area contributed by atoms with Crippen LogP contribution < -0.4 is 10.6 Å². The highest BCUT2D eigenvalue weighted by atomic mass is 32.1. The fourth-order valence-electron chi connectivity index (χ4n) is 4.64. The van der Waals surface area contributed by atoms with Gasteiger partial charge in [0, 0.05) is 43.8 Å². The van der Waals surface area contributed by atoms with E-state index in [0.29, 0.717) is 18.0 Å². The normalized spacial score (nSPS) is 22.5. The summed E-state index contributed by atoms with van der Waals surface area (Å²) in [6, 6.07) is 1.07. The molecule has 3 aromatic rings. The summed E-state index contributed by atoms with van der Waals surface area (Å²) in [6.07, 6.45) is 8.37. The lowest BCUT2D eigenvalue weighted by Gasteiger charge is -2.39. The SMILES string of the molecule is Cn1cc(Nc2nc(N[C@H]3CC[C@H](N4CCOCC4)CC3)c3nc(C(C)(C)C)sc3n2)cn1. The molecule has 178 valence electrons. The van der Waals surface area contributed by atoms with Crippen LogP contribution in [0.3, 0.4) is 0 Å². The van der Waals surface area contributed by atoms with Crippen LogP contribution in [-0.4, -0.2) is 68.0 Å². The minimum absolute atomic E-state index is 0.0319. The molecule has 0 unspecified atom stereocenters. The average molecular weight is 471 g/mol. The molecule has 1 saturated heterocycles. The number of nitrogens with zero attached hydrogens (tertiary/aromatic N) is 6. The topological polar surface area (TPSA) is 93.0 Å². The van der Waals surface area contributed by atoms with Crippen molar-refractivity contribution in [2.75, 3.05) is 36.9 Å². The van der Waals surface area contributed by atoms with Crippen molar-refractivity contribution in [2.45, 2.75) is 64.0 Å². The largest absolute Gasteiger partial charge is 0.379 e. The van der Waals surface area contributed by atoms with Crippen molar-refractivity contribution in [2.24, 2.45) is 7.05 Å². The molecule has 0 aromatic carbocycles. The van der Waals surface area contributed by atoms with Gasteiger partial charge in [-0.3, -0.25) is 9.58 Å². The van der Waals surface area contributed by atoms with Gasteiger partial charge in [-0.05, 0) is 25.7 Å². The Balaban J connectivity index is 1.36. The zero-order valence-corrected chi connectivity index (χ0v) is 20.8. The maximum Gasteiger partial charge on any atom is 0.230 e. The van der Waals surface area contributed by atoms with E-state index in [0.717, 1.165) is 66.0 Å². The van der Waals surface area contributed by atoms with Gasteiger partial charge in [0.1, 0.15) is 10.5 Å². The maximum absolute atomic E-state index is 5.53. The molecule has 1 saturated carbocycles. The van der Waals surface area contributed by atoms with Crippen LogP contribution in [0.15, 0.2) is 12.4 Å². The van der Waals surface area contributed by atoms with Gasteiger partial charge >= 0.3 is 0 Å². The highest BCUT2D eigenvalue weighted by Crippen LogP contribution is 2.35. The molecule has 0 spiro atoms. The second-order valence-electron chi connectivity index (χ2n) is 10.1. The number of anilines is 3. The zero-order chi connectivity index (χ0) is 23.0. The van der Waals surface area contributed by atoms with Gasteiger partial charge in [0.25, 0.3) is 0 Å². The van der Waals surface area contributed by atoms with Crippen LogP contribution >= 0.6 is 11.3 Å². The molecule has 1 aliphatic heterocycles. The highest BCUT2D eigenvalue weighted by molar-refractivity contribution is 7.18. The first-order valence-corrected chi connectivity index (χ1v) is 12.7. The van der Waals surface area contributed by atoms with E-state index in [1.54, 1.807) is 22.2 Å². The number of fused-ring (bicyclic) bond motifs is 1. The van der Waals surface area contributed by atoms with Crippen LogP contribution in [0.5, 0.6) is 0 Å². The molecule has 2 aliphatic rings. The number of ether oxygens (including phenoxy) is 1. The Hall–Kier alpha value is -2.30. The molecule has 5 rings (SSSR count). The molecule has 0 amide bonds. The minimum Gasteiger partial charge on any atom is -0.379 e. The predicted octanol–water partition coefficient (Wildman–Crippen LogP) is 3.92. The molecule has 9 nitrogen and oxygen atoms in total. The number of thiazole rings is 1. The summed E-state index contributed by atoms with van der Waals surface area (Å²) in [5.41, 5.74) is 1.71. The van der Waals surface area contributed by atoms with Crippen LogP contribution in [0.25, 0.3) is 10.3 Å². The monoisotopic (exact) mass is 470 g/mol. The summed E-state index contributed by atoms with van der Waals surface area (Å²) < 4.78 is 7.29. The number of morpholine rings is 1. The standard InChI is InChI=1S/C23H34N8OS/c1-23(2,3)21-27-18-19(25-15-5-7-17(8-6-15)31-9-11-32-12-10-31)28-22(29-20(18)33-21)26-16-13-24-30(4)14-16/h13-15,17H,5-12H2,1-4H3,(H2,25,26,28,29)/t15-,17-. The lowest BCUT2D eigenvalue weighted by Crippen LogP contribution is -2.46. The van der Waals surface area contributed by atoms with E-state index in [1.807, 2.05) is 13.2 Å². The van der Waals surface area contributed by atoms with Gasteiger partial charge in [-0.15, -0.1) is 0 Å². The van der Waals surface area contributed by atoms with E-state index in [9.17, 15) is 0 Å². The molecule has 33 heavy (non-hydrogen) atoms. The van der Waals surface area contributed by atoms with Crippen LogP contribution in [-0.2, 0) is 17.2 Å². The summed E-state index contributed by atoms with van der Waals surface area (Å²) in [7, 11) is 1.90. The van der Waals surface area contributed by atoms with Crippen molar-refractivity contribution in [1.29, 1.82) is 0 Å². The first-order chi connectivity index (χ1) is 15.8. The van der Waals surface area contributed by atoms with Gasteiger partial charge in [-0.1, -0.05) is 32.1 Å². The molecule has 0 radical (unpaired) electrons. The number of hydrogen-bond acceptors (Lipinski definition) is 9. The van der Waals surface area contributed by atoms with E-state index in [-0.39, 0.29) is 5.41 Å². The van der Waals surface area contributed by atoms with E-state index >= 15 is 0 Å². The molecular weight excluding hydrogens is 436 g/mol. The van der Waals surface area contributed by atoms with Crippen LogP contribution in [0.2, 0.25) is 0 Å². The van der Waals surface area contributed by atoms with Gasteiger partial charge in [-0.2, -0.15) is 15.1 Å². The Morgan fingerprint density at radius 3 is 2.48 bits per heavy atom. The van der Waals surface area contributed by atoms with E-state index in [4.69, 9.17) is 19.7 Å². The van der Waals surface area contributed by atoms with Crippen LogP contribution in [0.4, 0.5) is 17.5 Å². The fourth-order valence-corrected chi connectivity index (χ4v) is 5.63. The van der Waals surface area contributed by atoms with Gasteiger partial charge < -0.3 is 15.4 Å². The lowest BCUT2D eigenvalue weighted by atomic mass is 9.90. The molecule has 1 aliphatic carbocycles. The van der Waals surface area contributed by atoms with Crippen molar-refractivity contribution < 1.29 is 4.74 Å². The van der Waals surface area contributed by atoms with Crippen LogP contribution in [0.1, 0.15) is 51.5 Å². The van der Waals surface area contributed by atoms with Crippen molar-refractivity contribution in [3.63, 3.8) is 0 Å². The Bertz CT molecular complexity index is 1090. The fraction of sp³-hybridized carbons (Fsp3) is 0.652. The number of aromatic nitrogens is 5. The summed E-state index contributed by atoms with van der Waals surface area (Å²) in [5.74, 6) is 1.40. The van der Waals surface area contributed by atoms with E-state index < -0.39 is 0 Å². The quantitative estimate of drug-likeness (QED) is 0.580. The van der Waals surface area contributed by atoms with Crippen molar-refractivity contribution in [1.82, 2.24) is 29.6 Å². The molecule has 0 bridgehead atoms. The van der Waals surface area contributed by atoms with Crippen molar-refractivity contribution in [3.8, 4) is 0 Å². The zero-order valence-electron chi connectivity index (χ0n) is 20.0. The molecule has 4 heterocycles. The average Bonchev–Trinajstić information content (AvgIpc) is 3.41. The van der Waals surface area contributed by atoms with Gasteiger partial charge in [0.05, 0.1) is 25.1 Å². The van der Waals surface area contributed by atoms with Crippen molar-refractivity contribution in [3.05, 3.63) is 17.4 Å². The molecule has 2 N–H and O–H groups in total. The third kappa shape index (κ3) is 5.12. The molecule has 2 fully saturated rings.